The first-order valence-corrected chi connectivity index (χ1v) is 7.08. The van der Waals surface area contributed by atoms with Crippen LogP contribution in [0.5, 0.6) is 11.5 Å². The third-order valence-electron chi connectivity index (χ3n) is 3.18. The molecule has 4 heteroatoms. The summed E-state index contributed by atoms with van der Waals surface area (Å²) in [4.78, 5) is 0. The van der Waals surface area contributed by atoms with Gasteiger partial charge in [-0.3, -0.25) is 0 Å². The van der Waals surface area contributed by atoms with Gasteiger partial charge in [0.15, 0.2) is 0 Å². The lowest BCUT2D eigenvalue weighted by Gasteiger charge is -2.12. The summed E-state index contributed by atoms with van der Waals surface area (Å²) < 4.78 is 19.3. The van der Waals surface area contributed by atoms with Crippen LogP contribution in [0.25, 0.3) is 11.1 Å². The van der Waals surface area contributed by atoms with Gasteiger partial charge in [-0.25, -0.2) is 4.39 Å². The highest BCUT2D eigenvalue weighted by Gasteiger charge is 2.09. The third-order valence-corrected chi connectivity index (χ3v) is 3.43. The van der Waals surface area contributed by atoms with Crippen LogP contribution in [0.3, 0.4) is 0 Å². The Hall–Kier alpha value is -2.52. The second-order valence-corrected chi connectivity index (χ2v) is 5.26. The first-order chi connectivity index (χ1) is 10.6. The van der Waals surface area contributed by atoms with E-state index in [0.29, 0.717) is 22.2 Å². The molecule has 0 heterocycles. The van der Waals surface area contributed by atoms with Gasteiger partial charge in [-0.1, -0.05) is 23.7 Å². The van der Waals surface area contributed by atoms with Gasteiger partial charge >= 0.3 is 0 Å². The molecule has 3 aromatic carbocycles. The number of halogens is 2. The van der Waals surface area contributed by atoms with Crippen LogP contribution < -0.4 is 10.5 Å². The van der Waals surface area contributed by atoms with Crippen LogP contribution in [0.2, 0.25) is 5.02 Å². The second-order valence-electron chi connectivity index (χ2n) is 4.82. The Morgan fingerprint density at radius 3 is 2.41 bits per heavy atom. The van der Waals surface area contributed by atoms with Crippen molar-refractivity contribution in [1.29, 1.82) is 0 Å². The van der Waals surface area contributed by atoms with Crippen molar-refractivity contribution in [2.45, 2.75) is 0 Å². The Balaban J connectivity index is 2.02. The minimum Gasteiger partial charge on any atom is -0.457 e. The number of rotatable bonds is 3. The minimum absolute atomic E-state index is 0.299. The molecule has 0 aliphatic carbocycles. The van der Waals surface area contributed by atoms with E-state index in [4.69, 9.17) is 22.1 Å². The van der Waals surface area contributed by atoms with Crippen molar-refractivity contribution in [1.82, 2.24) is 0 Å². The van der Waals surface area contributed by atoms with Crippen LogP contribution >= 0.6 is 11.6 Å². The fourth-order valence-electron chi connectivity index (χ4n) is 2.15. The predicted molar refractivity (Wildman–Crippen MR) is 87.8 cm³/mol. The molecular formula is C18H13ClFNO. The van der Waals surface area contributed by atoms with Crippen molar-refractivity contribution in [3.63, 3.8) is 0 Å². The van der Waals surface area contributed by atoms with E-state index in [9.17, 15) is 4.39 Å². The van der Waals surface area contributed by atoms with Crippen LogP contribution in [0, 0.1) is 5.82 Å². The maximum absolute atomic E-state index is 13.5. The Bertz CT molecular complexity index is 802. The molecule has 2 nitrogen and oxygen atoms in total. The molecular weight excluding hydrogens is 301 g/mol. The molecule has 22 heavy (non-hydrogen) atoms. The van der Waals surface area contributed by atoms with Gasteiger partial charge in [-0.2, -0.15) is 0 Å². The summed E-state index contributed by atoms with van der Waals surface area (Å²) in [6.45, 7) is 0. The van der Waals surface area contributed by atoms with Gasteiger partial charge in [0, 0.05) is 22.3 Å². The smallest absolute Gasteiger partial charge is 0.137 e. The molecule has 0 aliphatic rings. The van der Waals surface area contributed by atoms with E-state index in [1.54, 1.807) is 42.5 Å². The second kappa shape index (κ2) is 6.08. The molecule has 110 valence electrons. The van der Waals surface area contributed by atoms with E-state index in [1.807, 2.05) is 12.1 Å². The summed E-state index contributed by atoms with van der Waals surface area (Å²) in [5.74, 6) is 0.896. The van der Waals surface area contributed by atoms with Crippen LogP contribution in [-0.4, -0.2) is 0 Å². The van der Waals surface area contributed by atoms with Gasteiger partial charge in [-0.05, 0) is 54.1 Å². The fraction of sp³-hybridized carbons (Fsp3) is 0. The van der Waals surface area contributed by atoms with Gasteiger partial charge in [-0.15, -0.1) is 0 Å². The highest BCUT2D eigenvalue weighted by Crippen LogP contribution is 2.35. The lowest BCUT2D eigenvalue weighted by atomic mass is 10.0. The van der Waals surface area contributed by atoms with Crippen molar-refractivity contribution < 1.29 is 9.13 Å². The van der Waals surface area contributed by atoms with Gasteiger partial charge in [0.2, 0.25) is 0 Å². The van der Waals surface area contributed by atoms with E-state index in [2.05, 4.69) is 0 Å². The predicted octanol–water partition coefficient (Wildman–Crippen LogP) is 5.52. The standard InChI is InChI=1S/C18H13ClFNO/c19-13-4-7-16(8-5-13)22-18-11-15(21)6-9-17(18)12-2-1-3-14(20)10-12/h1-11H,21H2. The molecule has 0 aromatic heterocycles. The molecule has 0 saturated heterocycles. The summed E-state index contributed by atoms with van der Waals surface area (Å²) >= 11 is 5.87. The summed E-state index contributed by atoms with van der Waals surface area (Å²) in [6, 6.07) is 18.6. The molecule has 0 saturated carbocycles. The van der Waals surface area contributed by atoms with Crippen molar-refractivity contribution in [2.75, 3.05) is 5.73 Å². The first-order valence-electron chi connectivity index (χ1n) is 6.71. The molecule has 0 atom stereocenters. The van der Waals surface area contributed by atoms with Gasteiger partial charge in [0.05, 0.1) is 0 Å². The molecule has 0 aliphatic heterocycles. The van der Waals surface area contributed by atoms with E-state index in [1.165, 1.54) is 12.1 Å². The molecule has 0 amide bonds. The molecule has 3 aromatic rings. The zero-order valence-electron chi connectivity index (χ0n) is 11.6. The maximum Gasteiger partial charge on any atom is 0.137 e. The quantitative estimate of drug-likeness (QED) is 0.646. The largest absolute Gasteiger partial charge is 0.457 e. The molecule has 0 radical (unpaired) electrons. The normalized spacial score (nSPS) is 10.5. The lowest BCUT2D eigenvalue weighted by molar-refractivity contribution is 0.485. The highest BCUT2D eigenvalue weighted by molar-refractivity contribution is 6.30. The fourth-order valence-corrected chi connectivity index (χ4v) is 2.27. The summed E-state index contributed by atoms with van der Waals surface area (Å²) in [6.07, 6.45) is 0. The van der Waals surface area contributed by atoms with Gasteiger partial charge in [0.25, 0.3) is 0 Å². The van der Waals surface area contributed by atoms with Crippen LogP contribution in [0.4, 0.5) is 10.1 Å². The minimum atomic E-state index is -0.299. The molecule has 2 N–H and O–H groups in total. The lowest BCUT2D eigenvalue weighted by Crippen LogP contribution is -1.92. The van der Waals surface area contributed by atoms with Gasteiger partial charge in [0.1, 0.15) is 17.3 Å². The average Bonchev–Trinajstić information content (AvgIpc) is 2.50. The van der Waals surface area contributed by atoms with Crippen LogP contribution in [0.15, 0.2) is 66.7 Å². The van der Waals surface area contributed by atoms with Gasteiger partial charge < -0.3 is 10.5 Å². The van der Waals surface area contributed by atoms with Crippen LogP contribution in [-0.2, 0) is 0 Å². The summed E-state index contributed by atoms with van der Waals surface area (Å²) in [5, 5.41) is 0.630. The van der Waals surface area contributed by atoms with Crippen molar-refractivity contribution >= 4 is 17.3 Å². The monoisotopic (exact) mass is 313 g/mol. The van der Waals surface area contributed by atoms with E-state index in [-0.39, 0.29) is 5.82 Å². The van der Waals surface area contributed by atoms with E-state index in [0.717, 1.165) is 11.1 Å². The first kappa shape index (κ1) is 14.4. The average molecular weight is 314 g/mol. The SMILES string of the molecule is Nc1ccc(-c2cccc(F)c2)c(Oc2ccc(Cl)cc2)c1. The number of nitrogen functional groups attached to an aromatic ring is 1. The van der Waals surface area contributed by atoms with Crippen LogP contribution in [0.1, 0.15) is 0 Å². The summed E-state index contributed by atoms with van der Waals surface area (Å²) in [5.41, 5.74) is 7.90. The Labute approximate surface area is 132 Å². The molecule has 0 bridgehead atoms. The zero-order valence-corrected chi connectivity index (χ0v) is 12.3. The highest BCUT2D eigenvalue weighted by atomic mass is 35.5. The van der Waals surface area contributed by atoms with Crippen molar-refractivity contribution in [3.05, 3.63) is 77.6 Å². The number of hydrogen-bond donors (Lipinski definition) is 1. The molecule has 3 rings (SSSR count). The number of benzene rings is 3. The number of anilines is 1. The molecule has 0 unspecified atom stereocenters. The Morgan fingerprint density at radius 2 is 1.68 bits per heavy atom. The topological polar surface area (TPSA) is 35.2 Å². The number of ether oxygens (including phenoxy) is 1. The number of nitrogens with two attached hydrogens (primary N) is 1. The molecule has 0 spiro atoms. The Morgan fingerprint density at radius 1 is 0.909 bits per heavy atom. The third kappa shape index (κ3) is 3.21. The maximum atomic E-state index is 13.5. The summed E-state index contributed by atoms with van der Waals surface area (Å²) in [7, 11) is 0. The van der Waals surface area contributed by atoms with E-state index < -0.39 is 0 Å². The zero-order chi connectivity index (χ0) is 15.5. The Kier molecular flexibility index (Phi) is 3.98. The molecule has 0 fully saturated rings. The van der Waals surface area contributed by atoms with E-state index >= 15 is 0 Å². The number of hydrogen-bond acceptors (Lipinski definition) is 2. The van der Waals surface area contributed by atoms with Crippen molar-refractivity contribution in [2.24, 2.45) is 0 Å². The van der Waals surface area contributed by atoms with Crippen molar-refractivity contribution in [3.8, 4) is 22.6 Å².